The summed E-state index contributed by atoms with van der Waals surface area (Å²) in [7, 11) is 0. The number of aromatic amines is 1. The molecular formula is C15H22N4O4S. The Morgan fingerprint density at radius 2 is 2.25 bits per heavy atom. The molecule has 0 radical (unpaired) electrons. The molecule has 3 heterocycles. The highest BCUT2D eigenvalue weighted by Gasteiger charge is 2.40. The second-order valence-corrected chi connectivity index (χ2v) is 7.13. The molecule has 1 aliphatic rings. The third-order valence-electron chi connectivity index (χ3n) is 4.51. The quantitative estimate of drug-likeness (QED) is 0.741. The summed E-state index contributed by atoms with van der Waals surface area (Å²) in [5, 5.41) is 10.1. The van der Waals surface area contributed by atoms with Crippen LogP contribution in [0.3, 0.4) is 0 Å². The van der Waals surface area contributed by atoms with E-state index in [9.17, 15) is 14.7 Å². The van der Waals surface area contributed by atoms with Crippen LogP contribution in [-0.4, -0.2) is 31.8 Å². The number of aliphatic hydroxyl groups excluding tert-OH is 1. The van der Waals surface area contributed by atoms with Crippen molar-refractivity contribution in [3.63, 3.8) is 0 Å². The number of fused-ring (bicyclic) bond motifs is 1. The van der Waals surface area contributed by atoms with Gasteiger partial charge in [0.1, 0.15) is 10.9 Å². The van der Waals surface area contributed by atoms with Crippen molar-refractivity contribution in [3.05, 3.63) is 20.0 Å². The summed E-state index contributed by atoms with van der Waals surface area (Å²) in [5.41, 5.74) is 5.46. The Morgan fingerprint density at radius 3 is 2.92 bits per heavy atom. The fourth-order valence-electron chi connectivity index (χ4n) is 3.34. The number of anilines is 1. The molecule has 2 aromatic rings. The van der Waals surface area contributed by atoms with Gasteiger partial charge in [-0.1, -0.05) is 31.6 Å². The Morgan fingerprint density at radius 1 is 1.50 bits per heavy atom. The highest BCUT2D eigenvalue weighted by Crippen LogP contribution is 2.39. The van der Waals surface area contributed by atoms with Crippen LogP contribution in [0.1, 0.15) is 45.8 Å². The maximum Gasteiger partial charge on any atom is 0.311 e. The average molecular weight is 354 g/mol. The highest BCUT2D eigenvalue weighted by molar-refractivity contribution is 7.16. The van der Waals surface area contributed by atoms with Gasteiger partial charge in [0, 0.05) is 5.92 Å². The summed E-state index contributed by atoms with van der Waals surface area (Å²) in [6.45, 7) is 3.96. The second kappa shape index (κ2) is 6.66. The van der Waals surface area contributed by atoms with Crippen LogP contribution in [0.2, 0.25) is 0 Å². The number of nitrogens with zero attached hydrogens (tertiary/aromatic N) is 2. The Hall–Kier alpha value is -1.71. The summed E-state index contributed by atoms with van der Waals surface area (Å²) in [6.07, 6.45) is 1.63. The van der Waals surface area contributed by atoms with E-state index in [1.54, 1.807) is 0 Å². The molecule has 9 heteroatoms. The molecule has 0 aliphatic carbocycles. The lowest BCUT2D eigenvalue weighted by atomic mass is 9.95. The number of thiazole rings is 1. The van der Waals surface area contributed by atoms with Gasteiger partial charge in [0.25, 0.3) is 5.56 Å². The molecule has 4 unspecified atom stereocenters. The summed E-state index contributed by atoms with van der Waals surface area (Å²) >= 11 is 0.840. The molecule has 132 valence electrons. The van der Waals surface area contributed by atoms with Gasteiger partial charge in [-0.05, 0) is 19.3 Å². The van der Waals surface area contributed by atoms with Gasteiger partial charge in [0.15, 0.2) is 5.65 Å². The third kappa shape index (κ3) is 2.87. The summed E-state index contributed by atoms with van der Waals surface area (Å²) in [5.74, 6) is 0.0493. The van der Waals surface area contributed by atoms with Crippen LogP contribution >= 0.6 is 11.3 Å². The summed E-state index contributed by atoms with van der Waals surface area (Å²) in [6, 6.07) is 0. The van der Waals surface area contributed by atoms with Crippen molar-refractivity contribution in [3.8, 4) is 0 Å². The minimum absolute atomic E-state index is 0.0331. The number of hydrogen-bond acceptors (Lipinski definition) is 7. The van der Waals surface area contributed by atoms with Gasteiger partial charge in [0.2, 0.25) is 5.95 Å². The average Bonchev–Trinajstić information content (AvgIpc) is 3.08. The number of aliphatic hydroxyl groups is 1. The van der Waals surface area contributed by atoms with Crippen molar-refractivity contribution in [1.82, 2.24) is 14.5 Å². The van der Waals surface area contributed by atoms with Gasteiger partial charge in [-0.25, -0.2) is 0 Å². The number of hydrogen-bond donors (Lipinski definition) is 3. The zero-order valence-electron chi connectivity index (χ0n) is 13.7. The molecule has 2 aromatic heterocycles. The topological polar surface area (TPSA) is 123 Å². The van der Waals surface area contributed by atoms with Crippen LogP contribution in [0.4, 0.5) is 5.95 Å². The van der Waals surface area contributed by atoms with Gasteiger partial charge in [-0.2, -0.15) is 4.98 Å². The highest BCUT2D eigenvalue weighted by atomic mass is 32.1. The fourth-order valence-corrected chi connectivity index (χ4v) is 4.19. The molecular weight excluding hydrogens is 332 g/mol. The maximum atomic E-state index is 12.5. The van der Waals surface area contributed by atoms with Crippen molar-refractivity contribution >= 4 is 27.6 Å². The van der Waals surface area contributed by atoms with Crippen LogP contribution in [0.15, 0.2) is 9.59 Å². The number of H-pyrrole nitrogens is 1. The van der Waals surface area contributed by atoms with Gasteiger partial charge in [0.05, 0.1) is 12.2 Å². The monoisotopic (exact) mass is 354 g/mol. The largest absolute Gasteiger partial charge is 0.390 e. The van der Waals surface area contributed by atoms with E-state index in [1.165, 1.54) is 4.57 Å². The standard InChI is InChI=1S/C15H22N4O4S/c1-3-5-7-6-9(8(20)4-2)23-13(7)19-11-10(24-15(19)22)12(21)18-14(16)17-11/h7-9,13,20H,3-6H2,1-2H3,(H3,16,17,18,21). The van der Waals surface area contributed by atoms with E-state index in [0.717, 1.165) is 24.2 Å². The predicted molar refractivity (Wildman–Crippen MR) is 92.1 cm³/mol. The van der Waals surface area contributed by atoms with Crippen LogP contribution in [0, 0.1) is 5.92 Å². The molecule has 0 bridgehead atoms. The minimum atomic E-state index is -0.573. The first-order chi connectivity index (χ1) is 11.5. The van der Waals surface area contributed by atoms with E-state index in [1.807, 2.05) is 6.92 Å². The van der Waals surface area contributed by atoms with Crippen molar-refractivity contribution in [2.45, 2.75) is 58.0 Å². The minimum Gasteiger partial charge on any atom is -0.390 e. The van der Waals surface area contributed by atoms with Crippen LogP contribution in [0.25, 0.3) is 10.3 Å². The molecule has 1 fully saturated rings. The third-order valence-corrected chi connectivity index (χ3v) is 5.45. The Bertz CT molecular complexity index is 842. The van der Waals surface area contributed by atoms with E-state index < -0.39 is 17.9 Å². The summed E-state index contributed by atoms with van der Waals surface area (Å²) < 4.78 is 7.69. The van der Waals surface area contributed by atoms with Crippen molar-refractivity contribution in [2.75, 3.05) is 5.73 Å². The van der Waals surface area contributed by atoms with Gasteiger partial charge in [-0.15, -0.1) is 0 Å². The number of nitrogens with two attached hydrogens (primary N) is 1. The Kier molecular flexibility index (Phi) is 4.75. The first kappa shape index (κ1) is 17.1. The van der Waals surface area contributed by atoms with Crippen LogP contribution in [0.5, 0.6) is 0 Å². The zero-order valence-corrected chi connectivity index (χ0v) is 14.5. The Balaban J connectivity index is 2.09. The van der Waals surface area contributed by atoms with Crippen molar-refractivity contribution in [1.29, 1.82) is 0 Å². The van der Waals surface area contributed by atoms with E-state index in [0.29, 0.717) is 12.8 Å². The van der Waals surface area contributed by atoms with Gasteiger partial charge < -0.3 is 15.6 Å². The fraction of sp³-hybridized carbons (Fsp3) is 0.667. The molecule has 4 N–H and O–H groups in total. The lowest BCUT2D eigenvalue weighted by Crippen LogP contribution is -2.27. The smallest absolute Gasteiger partial charge is 0.311 e. The van der Waals surface area contributed by atoms with E-state index >= 15 is 0 Å². The van der Waals surface area contributed by atoms with E-state index in [-0.39, 0.29) is 33.2 Å². The molecule has 0 aromatic carbocycles. The molecule has 1 aliphatic heterocycles. The van der Waals surface area contributed by atoms with Crippen LogP contribution < -0.4 is 16.2 Å². The first-order valence-electron chi connectivity index (χ1n) is 8.20. The molecule has 4 atom stereocenters. The molecule has 0 amide bonds. The molecule has 1 saturated heterocycles. The summed E-state index contributed by atoms with van der Waals surface area (Å²) in [4.78, 5) is 30.7. The maximum absolute atomic E-state index is 12.5. The second-order valence-electron chi connectivity index (χ2n) is 6.17. The molecule has 0 saturated carbocycles. The first-order valence-corrected chi connectivity index (χ1v) is 9.02. The molecule has 0 spiro atoms. The van der Waals surface area contributed by atoms with Gasteiger partial charge in [-0.3, -0.25) is 19.1 Å². The van der Waals surface area contributed by atoms with Crippen molar-refractivity contribution < 1.29 is 9.84 Å². The number of aromatic nitrogens is 3. The number of nitrogens with one attached hydrogen (secondary N) is 1. The van der Waals surface area contributed by atoms with E-state index in [2.05, 4.69) is 16.9 Å². The normalized spacial score (nSPS) is 25.4. The van der Waals surface area contributed by atoms with Gasteiger partial charge >= 0.3 is 4.87 Å². The van der Waals surface area contributed by atoms with Crippen molar-refractivity contribution in [2.24, 2.45) is 5.92 Å². The van der Waals surface area contributed by atoms with E-state index in [4.69, 9.17) is 10.5 Å². The molecule has 24 heavy (non-hydrogen) atoms. The Labute approximate surface area is 142 Å². The number of nitrogen functional groups attached to an aromatic ring is 1. The molecule has 3 rings (SSSR count). The SMILES string of the molecule is CCCC1CC(C(O)CC)OC1n1c(=O)sc2c(=O)[nH]c(N)nc21. The predicted octanol–water partition coefficient (Wildman–Crippen LogP) is 1.20. The number of ether oxygens (including phenoxy) is 1. The number of rotatable bonds is 5. The zero-order chi connectivity index (χ0) is 17.4. The lowest BCUT2D eigenvalue weighted by molar-refractivity contribution is -0.0658. The van der Waals surface area contributed by atoms with Crippen LogP contribution in [-0.2, 0) is 4.74 Å². The molecule has 8 nitrogen and oxygen atoms in total. The lowest BCUT2D eigenvalue weighted by Gasteiger charge is -2.20.